The van der Waals surface area contributed by atoms with Crippen molar-refractivity contribution in [3.8, 4) is 5.75 Å². The molecule has 1 amide bonds. The number of rotatable bonds is 6. The van der Waals surface area contributed by atoms with Crippen LogP contribution in [0.3, 0.4) is 0 Å². The Balaban J connectivity index is 1.51. The molecule has 0 aliphatic carbocycles. The molecule has 7 heteroatoms. The third-order valence-electron chi connectivity index (χ3n) is 4.26. The van der Waals surface area contributed by atoms with Crippen LogP contribution in [0.1, 0.15) is 34.0 Å². The maximum absolute atomic E-state index is 11.9. The second kappa shape index (κ2) is 8.66. The van der Waals surface area contributed by atoms with Gasteiger partial charge in [-0.2, -0.15) is 0 Å². The molecule has 0 saturated carbocycles. The van der Waals surface area contributed by atoms with Crippen molar-refractivity contribution in [2.45, 2.75) is 25.2 Å². The van der Waals surface area contributed by atoms with Gasteiger partial charge >= 0.3 is 6.09 Å². The summed E-state index contributed by atoms with van der Waals surface area (Å²) in [6.45, 7) is 0.250. The Hall–Kier alpha value is -2.90. The minimum atomic E-state index is -1.26. The van der Waals surface area contributed by atoms with Crippen LogP contribution in [0.2, 0.25) is 0 Å². The van der Waals surface area contributed by atoms with E-state index in [0.29, 0.717) is 23.5 Å². The number of aliphatic hydroxyl groups excluding tert-OH is 2. The first-order valence-electron chi connectivity index (χ1n) is 8.65. The lowest BCUT2D eigenvalue weighted by molar-refractivity contribution is 0.0183. The molecule has 1 aliphatic rings. The van der Waals surface area contributed by atoms with Crippen molar-refractivity contribution in [1.82, 2.24) is 5.32 Å². The first-order valence-corrected chi connectivity index (χ1v) is 8.65. The number of nitrogens with one attached hydrogen (secondary N) is 1. The monoisotopic (exact) mass is 371 g/mol. The highest BCUT2D eigenvalue weighted by atomic mass is 16.5. The second-order valence-electron chi connectivity index (χ2n) is 6.23. The molecule has 0 aromatic heterocycles. The summed E-state index contributed by atoms with van der Waals surface area (Å²) in [6.07, 6.45) is -2.94. The number of fused-ring (bicyclic) bond motifs is 1. The molecule has 2 aromatic carbocycles. The van der Waals surface area contributed by atoms with Crippen molar-refractivity contribution >= 4 is 11.9 Å². The van der Waals surface area contributed by atoms with Gasteiger partial charge in [0, 0.05) is 13.0 Å². The Morgan fingerprint density at radius 3 is 2.74 bits per heavy atom. The SMILES string of the molecule is O=C(NCC(O)C(O)c1ccc2c(c1)C(=O)CCO2)OCc1ccccc1. The number of benzene rings is 2. The fraction of sp³-hybridized carbons (Fsp3) is 0.300. The van der Waals surface area contributed by atoms with Gasteiger partial charge in [0.25, 0.3) is 0 Å². The summed E-state index contributed by atoms with van der Waals surface area (Å²) in [4.78, 5) is 23.7. The number of hydrogen-bond acceptors (Lipinski definition) is 6. The maximum atomic E-state index is 11.9. The third kappa shape index (κ3) is 4.84. The van der Waals surface area contributed by atoms with E-state index >= 15 is 0 Å². The number of carbonyl (C=O) groups is 2. The second-order valence-corrected chi connectivity index (χ2v) is 6.23. The lowest BCUT2D eigenvalue weighted by atomic mass is 9.97. The molecule has 27 heavy (non-hydrogen) atoms. The Kier molecular flexibility index (Phi) is 6.05. The van der Waals surface area contributed by atoms with Gasteiger partial charge in [-0.15, -0.1) is 0 Å². The van der Waals surface area contributed by atoms with E-state index < -0.39 is 18.3 Å². The Bertz CT molecular complexity index is 807. The molecule has 3 rings (SSSR count). The van der Waals surface area contributed by atoms with E-state index in [1.54, 1.807) is 12.1 Å². The molecule has 7 nitrogen and oxygen atoms in total. The molecule has 2 unspecified atom stereocenters. The van der Waals surface area contributed by atoms with Crippen molar-refractivity contribution in [1.29, 1.82) is 0 Å². The van der Waals surface area contributed by atoms with Gasteiger partial charge in [-0.05, 0) is 23.3 Å². The van der Waals surface area contributed by atoms with Gasteiger partial charge in [0.2, 0.25) is 0 Å². The zero-order valence-electron chi connectivity index (χ0n) is 14.6. The highest BCUT2D eigenvalue weighted by Crippen LogP contribution is 2.28. The van der Waals surface area contributed by atoms with Gasteiger partial charge in [0.1, 0.15) is 24.6 Å². The number of alkyl carbamates (subject to hydrolysis) is 1. The highest BCUT2D eigenvalue weighted by molar-refractivity contribution is 5.99. The minimum absolute atomic E-state index is 0.0672. The summed E-state index contributed by atoms with van der Waals surface area (Å²) in [5.41, 5.74) is 1.61. The molecule has 0 spiro atoms. The summed E-state index contributed by atoms with van der Waals surface area (Å²) in [6, 6.07) is 13.9. The van der Waals surface area contributed by atoms with E-state index in [4.69, 9.17) is 9.47 Å². The predicted octanol–water partition coefficient (Wildman–Crippen LogP) is 1.97. The van der Waals surface area contributed by atoms with Crippen LogP contribution in [0.4, 0.5) is 4.79 Å². The molecule has 2 atom stereocenters. The van der Waals surface area contributed by atoms with Crippen LogP contribution in [0, 0.1) is 0 Å². The standard InChI is InChI=1S/C20H21NO6/c22-16-8-9-26-18-7-6-14(10-15(16)18)19(24)17(23)11-21-20(25)27-12-13-4-2-1-3-5-13/h1-7,10,17,19,23-24H,8-9,11-12H2,(H,21,25). The van der Waals surface area contributed by atoms with E-state index in [1.807, 2.05) is 30.3 Å². The molecule has 1 aliphatic heterocycles. The largest absolute Gasteiger partial charge is 0.492 e. The van der Waals surface area contributed by atoms with Crippen LogP contribution in [0.25, 0.3) is 0 Å². The average molecular weight is 371 g/mol. The number of Topliss-reactive ketones (excluding diaryl/α,β-unsaturated/α-hetero) is 1. The van der Waals surface area contributed by atoms with Gasteiger partial charge in [-0.25, -0.2) is 4.79 Å². The van der Waals surface area contributed by atoms with E-state index in [-0.39, 0.29) is 25.4 Å². The van der Waals surface area contributed by atoms with Crippen molar-refractivity contribution in [2.24, 2.45) is 0 Å². The predicted molar refractivity (Wildman–Crippen MR) is 96.5 cm³/mol. The summed E-state index contributed by atoms with van der Waals surface area (Å²) in [7, 11) is 0. The van der Waals surface area contributed by atoms with E-state index in [2.05, 4.69) is 5.32 Å². The number of amides is 1. The number of carbonyl (C=O) groups excluding carboxylic acids is 2. The van der Waals surface area contributed by atoms with Crippen molar-refractivity contribution in [3.63, 3.8) is 0 Å². The minimum Gasteiger partial charge on any atom is -0.492 e. The first kappa shape index (κ1) is 18.9. The quantitative estimate of drug-likeness (QED) is 0.717. The fourth-order valence-electron chi connectivity index (χ4n) is 2.76. The van der Waals surface area contributed by atoms with Gasteiger partial charge < -0.3 is 25.0 Å². The summed E-state index contributed by atoms with van der Waals surface area (Å²) in [5.74, 6) is 0.404. The summed E-state index contributed by atoms with van der Waals surface area (Å²) >= 11 is 0. The fourth-order valence-corrected chi connectivity index (χ4v) is 2.76. The molecular weight excluding hydrogens is 350 g/mol. The molecule has 142 valence electrons. The summed E-state index contributed by atoms with van der Waals surface area (Å²) in [5, 5.41) is 22.9. The van der Waals surface area contributed by atoms with Crippen LogP contribution in [0.15, 0.2) is 48.5 Å². The zero-order valence-corrected chi connectivity index (χ0v) is 14.6. The van der Waals surface area contributed by atoms with Gasteiger partial charge in [0.15, 0.2) is 5.78 Å². The van der Waals surface area contributed by atoms with E-state index in [0.717, 1.165) is 5.56 Å². The Morgan fingerprint density at radius 1 is 1.19 bits per heavy atom. The highest BCUT2D eigenvalue weighted by Gasteiger charge is 2.24. The third-order valence-corrected chi connectivity index (χ3v) is 4.26. The van der Waals surface area contributed by atoms with Crippen molar-refractivity contribution in [3.05, 3.63) is 65.2 Å². The molecular formula is C20H21NO6. The van der Waals surface area contributed by atoms with Crippen LogP contribution >= 0.6 is 0 Å². The first-order chi connectivity index (χ1) is 13.0. The van der Waals surface area contributed by atoms with Gasteiger partial charge in [0.05, 0.1) is 12.2 Å². The number of ether oxygens (including phenoxy) is 2. The van der Waals surface area contributed by atoms with Crippen molar-refractivity contribution < 1.29 is 29.3 Å². The van der Waals surface area contributed by atoms with Gasteiger partial charge in [-0.3, -0.25) is 4.79 Å². The average Bonchev–Trinajstić information content (AvgIpc) is 2.70. The lowest BCUT2D eigenvalue weighted by Crippen LogP contribution is -2.35. The smallest absolute Gasteiger partial charge is 0.407 e. The maximum Gasteiger partial charge on any atom is 0.407 e. The Morgan fingerprint density at radius 2 is 1.96 bits per heavy atom. The number of aliphatic hydroxyl groups is 2. The van der Waals surface area contributed by atoms with Crippen LogP contribution in [0.5, 0.6) is 5.75 Å². The topological polar surface area (TPSA) is 105 Å². The normalized spacial score (nSPS) is 15.3. The van der Waals surface area contributed by atoms with Crippen LogP contribution in [-0.4, -0.2) is 41.3 Å². The lowest BCUT2D eigenvalue weighted by Gasteiger charge is -2.21. The molecule has 0 saturated heterocycles. The molecule has 0 bridgehead atoms. The van der Waals surface area contributed by atoms with Crippen LogP contribution < -0.4 is 10.1 Å². The summed E-state index contributed by atoms with van der Waals surface area (Å²) < 4.78 is 10.4. The van der Waals surface area contributed by atoms with E-state index in [1.165, 1.54) is 6.07 Å². The number of hydrogen-bond donors (Lipinski definition) is 3. The molecule has 2 aromatic rings. The molecule has 0 radical (unpaired) electrons. The molecule has 1 heterocycles. The van der Waals surface area contributed by atoms with Crippen LogP contribution in [-0.2, 0) is 11.3 Å². The van der Waals surface area contributed by atoms with Gasteiger partial charge in [-0.1, -0.05) is 36.4 Å². The molecule has 3 N–H and O–H groups in total. The molecule has 0 fully saturated rings. The number of ketones is 1. The van der Waals surface area contributed by atoms with E-state index in [9.17, 15) is 19.8 Å². The Labute approximate surface area is 156 Å². The zero-order chi connectivity index (χ0) is 19.2. The van der Waals surface area contributed by atoms with Crippen molar-refractivity contribution in [2.75, 3.05) is 13.2 Å².